The highest BCUT2D eigenvalue weighted by Gasteiger charge is 1.99. The Morgan fingerprint density at radius 1 is 1.47 bits per heavy atom. The molecule has 0 unspecified atom stereocenters. The van der Waals surface area contributed by atoms with Gasteiger partial charge in [0, 0.05) is 24.4 Å². The lowest BCUT2D eigenvalue weighted by Crippen LogP contribution is -2.29. The van der Waals surface area contributed by atoms with Gasteiger partial charge in [-0.3, -0.25) is 15.0 Å². The fraction of sp³-hybridized carbons (Fsp3) is 0.500. The summed E-state index contributed by atoms with van der Waals surface area (Å²) < 4.78 is 0. The van der Waals surface area contributed by atoms with Gasteiger partial charge in [0.1, 0.15) is 0 Å². The molecule has 0 bridgehead atoms. The number of nitrogens with one attached hydrogen (secondary N) is 2. The Morgan fingerprint density at radius 2 is 2.29 bits per heavy atom. The first-order valence-electron chi connectivity index (χ1n) is 5.40. The monoisotopic (exact) mass is 256 g/mol. The smallest absolute Gasteiger partial charge is 0.251 e. The van der Waals surface area contributed by atoms with Crippen LogP contribution in [-0.2, 0) is 4.79 Å². The molecule has 6 nitrogen and oxygen atoms in total. The Kier molecular flexibility index (Phi) is 6.34. The van der Waals surface area contributed by atoms with Gasteiger partial charge in [0.15, 0.2) is 5.16 Å². The lowest BCUT2D eigenvalue weighted by molar-refractivity contribution is -0.121. The molecule has 1 aromatic rings. The summed E-state index contributed by atoms with van der Waals surface area (Å²) in [7, 11) is 0. The van der Waals surface area contributed by atoms with Gasteiger partial charge < -0.3 is 4.98 Å². The van der Waals surface area contributed by atoms with Gasteiger partial charge in [0.05, 0.1) is 0 Å². The number of aromatic nitrogens is 2. The number of rotatable bonds is 7. The van der Waals surface area contributed by atoms with Crippen molar-refractivity contribution in [1.29, 1.82) is 0 Å². The first-order valence-corrected chi connectivity index (χ1v) is 6.38. The quantitative estimate of drug-likeness (QED) is 0.164. The molecule has 4 N–H and O–H groups in total. The van der Waals surface area contributed by atoms with Crippen LogP contribution in [-0.4, -0.2) is 21.6 Å². The molecule has 0 saturated carbocycles. The second-order valence-corrected chi connectivity index (χ2v) is 4.55. The highest BCUT2D eigenvalue weighted by Crippen LogP contribution is 2.13. The van der Waals surface area contributed by atoms with Crippen molar-refractivity contribution in [1.82, 2.24) is 15.4 Å². The maximum atomic E-state index is 11.0. The number of nitrogens with zero attached hydrogens (tertiary/aromatic N) is 1. The van der Waals surface area contributed by atoms with Crippen LogP contribution in [0, 0.1) is 0 Å². The fourth-order valence-electron chi connectivity index (χ4n) is 1.23. The number of hydrazine groups is 1. The van der Waals surface area contributed by atoms with Crippen LogP contribution in [0.1, 0.15) is 25.7 Å². The molecule has 1 heterocycles. The maximum absolute atomic E-state index is 11.0. The van der Waals surface area contributed by atoms with Crippen LogP contribution in [0.25, 0.3) is 0 Å². The first-order chi connectivity index (χ1) is 8.22. The summed E-state index contributed by atoms with van der Waals surface area (Å²) in [6.07, 6.45) is 4.70. The second kappa shape index (κ2) is 7.86. The highest BCUT2D eigenvalue weighted by atomic mass is 32.2. The number of hydrogen-bond acceptors (Lipinski definition) is 5. The molecule has 0 fully saturated rings. The van der Waals surface area contributed by atoms with E-state index in [1.807, 2.05) is 0 Å². The average Bonchev–Trinajstić information content (AvgIpc) is 2.33. The summed E-state index contributed by atoms with van der Waals surface area (Å²) in [4.78, 5) is 28.4. The number of amides is 1. The van der Waals surface area contributed by atoms with Gasteiger partial charge in [-0.1, -0.05) is 18.2 Å². The van der Waals surface area contributed by atoms with E-state index in [-0.39, 0.29) is 11.5 Å². The third kappa shape index (κ3) is 6.08. The number of unbranched alkanes of at least 4 members (excludes halogenated alkanes) is 2. The molecule has 1 rings (SSSR count). The standard InChI is InChI=1S/C10H16N4O2S/c11-14-9(16)4-2-1-3-7-17-10-12-6-5-8(15)13-10/h5-6H,1-4,7,11H2,(H,14,16)(H,12,13,15). The Labute approximate surface area is 103 Å². The Balaban J connectivity index is 2.08. The van der Waals surface area contributed by atoms with Crippen molar-refractivity contribution in [3.8, 4) is 0 Å². The van der Waals surface area contributed by atoms with E-state index in [1.54, 1.807) is 0 Å². The van der Waals surface area contributed by atoms with Crippen molar-refractivity contribution in [2.24, 2.45) is 5.84 Å². The largest absolute Gasteiger partial charge is 0.301 e. The van der Waals surface area contributed by atoms with Crippen LogP contribution in [0.4, 0.5) is 0 Å². The van der Waals surface area contributed by atoms with Crippen molar-refractivity contribution in [3.05, 3.63) is 22.6 Å². The molecule has 0 spiro atoms. The number of nitrogens with two attached hydrogens (primary N) is 1. The molecule has 1 aromatic heterocycles. The van der Waals surface area contributed by atoms with E-state index in [9.17, 15) is 9.59 Å². The minimum absolute atomic E-state index is 0.133. The summed E-state index contributed by atoms with van der Waals surface area (Å²) >= 11 is 1.51. The van der Waals surface area contributed by atoms with Gasteiger partial charge in [-0.25, -0.2) is 10.8 Å². The molecule has 0 radical (unpaired) electrons. The third-order valence-corrected chi connectivity index (χ3v) is 3.07. The molecular formula is C10H16N4O2S. The van der Waals surface area contributed by atoms with Gasteiger partial charge in [0.25, 0.3) is 5.56 Å². The zero-order chi connectivity index (χ0) is 12.5. The molecule has 94 valence electrons. The summed E-state index contributed by atoms with van der Waals surface area (Å²) in [5, 5.41) is 0.636. The van der Waals surface area contributed by atoms with Gasteiger partial charge in [-0.05, 0) is 12.8 Å². The summed E-state index contributed by atoms with van der Waals surface area (Å²) in [6, 6.07) is 1.38. The normalized spacial score (nSPS) is 10.2. The van der Waals surface area contributed by atoms with E-state index in [0.29, 0.717) is 11.6 Å². The molecule has 1 amide bonds. The minimum atomic E-state index is -0.137. The molecular weight excluding hydrogens is 240 g/mol. The van der Waals surface area contributed by atoms with Crippen LogP contribution in [0.3, 0.4) is 0 Å². The second-order valence-electron chi connectivity index (χ2n) is 3.47. The van der Waals surface area contributed by atoms with Gasteiger partial charge in [0.2, 0.25) is 5.91 Å². The van der Waals surface area contributed by atoms with E-state index in [4.69, 9.17) is 5.84 Å². The summed E-state index contributed by atoms with van der Waals surface area (Å²) in [5.74, 6) is 5.70. The van der Waals surface area contributed by atoms with Gasteiger partial charge in [-0.2, -0.15) is 0 Å². The van der Waals surface area contributed by atoms with Crippen LogP contribution < -0.4 is 16.8 Å². The lowest BCUT2D eigenvalue weighted by atomic mass is 10.2. The van der Waals surface area contributed by atoms with E-state index in [2.05, 4.69) is 15.4 Å². The lowest BCUT2D eigenvalue weighted by Gasteiger charge is -2.01. The van der Waals surface area contributed by atoms with Crippen molar-refractivity contribution in [3.63, 3.8) is 0 Å². The predicted octanol–water partition coefficient (Wildman–Crippen LogP) is 0.412. The van der Waals surface area contributed by atoms with Crippen LogP contribution in [0.2, 0.25) is 0 Å². The highest BCUT2D eigenvalue weighted by molar-refractivity contribution is 7.99. The van der Waals surface area contributed by atoms with Crippen molar-refractivity contribution in [2.75, 3.05) is 5.75 Å². The van der Waals surface area contributed by atoms with Crippen molar-refractivity contribution in [2.45, 2.75) is 30.8 Å². The fourth-order valence-corrected chi connectivity index (χ4v) is 2.08. The number of carbonyl (C=O) groups excluding carboxylic acids is 1. The predicted molar refractivity (Wildman–Crippen MR) is 66.4 cm³/mol. The third-order valence-electron chi connectivity index (χ3n) is 2.10. The SMILES string of the molecule is NNC(=O)CCCCCSc1nccc(=O)[nH]1. The number of H-pyrrole nitrogens is 1. The molecule has 7 heteroatoms. The van der Waals surface area contributed by atoms with E-state index in [1.165, 1.54) is 24.0 Å². The molecule has 0 aliphatic rings. The van der Waals surface area contributed by atoms with Crippen LogP contribution in [0.15, 0.2) is 22.2 Å². The molecule has 0 atom stereocenters. The number of hydrogen-bond donors (Lipinski definition) is 3. The van der Waals surface area contributed by atoms with Crippen LogP contribution in [0.5, 0.6) is 0 Å². The van der Waals surface area contributed by atoms with E-state index >= 15 is 0 Å². The van der Waals surface area contributed by atoms with E-state index < -0.39 is 0 Å². The molecule has 0 saturated heterocycles. The summed E-state index contributed by atoms with van der Waals surface area (Å²) in [5.41, 5.74) is 1.96. The Bertz CT molecular complexity index is 407. The molecule has 0 aromatic carbocycles. The minimum Gasteiger partial charge on any atom is -0.301 e. The Hall–Kier alpha value is -1.34. The Morgan fingerprint density at radius 3 is 3.00 bits per heavy atom. The average molecular weight is 256 g/mol. The van der Waals surface area contributed by atoms with Crippen molar-refractivity contribution < 1.29 is 4.79 Å². The van der Waals surface area contributed by atoms with Crippen LogP contribution >= 0.6 is 11.8 Å². The number of aromatic amines is 1. The molecule has 0 aliphatic heterocycles. The maximum Gasteiger partial charge on any atom is 0.251 e. The zero-order valence-electron chi connectivity index (χ0n) is 9.44. The van der Waals surface area contributed by atoms with E-state index in [0.717, 1.165) is 25.0 Å². The first kappa shape index (κ1) is 13.7. The van der Waals surface area contributed by atoms with Gasteiger partial charge >= 0.3 is 0 Å². The number of carbonyl (C=O) groups is 1. The molecule has 0 aliphatic carbocycles. The van der Waals surface area contributed by atoms with Gasteiger partial charge in [-0.15, -0.1) is 0 Å². The summed E-state index contributed by atoms with van der Waals surface area (Å²) in [6.45, 7) is 0. The topological polar surface area (TPSA) is 101 Å². The zero-order valence-corrected chi connectivity index (χ0v) is 10.3. The number of thioether (sulfide) groups is 1. The van der Waals surface area contributed by atoms with Crippen molar-refractivity contribution >= 4 is 17.7 Å². The molecule has 17 heavy (non-hydrogen) atoms.